The Labute approximate surface area is 114 Å². The lowest BCUT2D eigenvalue weighted by Crippen LogP contribution is -2.25. The molecule has 0 saturated carbocycles. The van der Waals surface area contributed by atoms with Crippen LogP contribution in [0.25, 0.3) is 0 Å². The molecule has 0 atom stereocenters. The number of aromatic hydroxyl groups is 1. The summed E-state index contributed by atoms with van der Waals surface area (Å²) in [7, 11) is 0. The zero-order valence-electron chi connectivity index (χ0n) is 10.6. The van der Waals surface area contributed by atoms with E-state index in [0.717, 1.165) is 17.7 Å². The second kappa shape index (κ2) is 6.14. The maximum atomic E-state index is 13.4. The van der Waals surface area contributed by atoms with Gasteiger partial charge in [-0.2, -0.15) is 0 Å². The van der Waals surface area contributed by atoms with Crippen LogP contribution in [0.5, 0.6) is 5.75 Å². The molecule has 0 bridgehead atoms. The molecule has 0 aliphatic heterocycles. The fraction of sp³-hybridized carbons (Fsp3) is 0.133. The van der Waals surface area contributed by atoms with Crippen LogP contribution >= 0.6 is 0 Å². The summed E-state index contributed by atoms with van der Waals surface area (Å²) in [5, 5.41) is 11.7. The molecule has 3 nitrogen and oxygen atoms in total. The molecule has 0 spiro atoms. The van der Waals surface area contributed by atoms with Gasteiger partial charge in [0.05, 0.1) is 6.42 Å². The molecular weight excluding hydrogens is 264 g/mol. The van der Waals surface area contributed by atoms with Crippen molar-refractivity contribution in [1.82, 2.24) is 5.32 Å². The Bertz CT molecular complexity index is 592. The van der Waals surface area contributed by atoms with E-state index in [2.05, 4.69) is 5.32 Å². The molecule has 20 heavy (non-hydrogen) atoms. The molecule has 2 rings (SSSR count). The number of carbonyl (C=O) groups excluding carboxylic acids is 1. The minimum atomic E-state index is -0.732. The molecule has 2 N–H and O–H groups in total. The van der Waals surface area contributed by atoms with Gasteiger partial charge in [0, 0.05) is 12.1 Å². The van der Waals surface area contributed by atoms with E-state index < -0.39 is 17.5 Å². The number of halogens is 2. The first-order chi connectivity index (χ1) is 9.56. The zero-order chi connectivity index (χ0) is 14.5. The Morgan fingerprint density at radius 2 is 1.65 bits per heavy atom. The van der Waals surface area contributed by atoms with Gasteiger partial charge in [-0.3, -0.25) is 4.79 Å². The second-order valence-corrected chi connectivity index (χ2v) is 4.32. The molecular formula is C15H13F2NO2. The average Bonchev–Trinajstić information content (AvgIpc) is 2.42. The van der Waals surface area contributed by atoms with Gasteiger partial charge in [-0.15, -0.1) is 0 Å². The lowest BCUT2D eigenvalue weighted by atomic mass is 10.1. The Morgan fingerprint density at radius 1 is 1.05 bits per heavy atom. The van der Waals surface area contributed by atoms with Crippen molar-refractivity contribution in [2.45, 2.75) is 13.0 Å². The normalized spacial score (nSPS) is 10.3. The van der Waals surface area contributed by atoms with E-state index in [1.54, 1.807) is 12.1 Å². The summed E-state index contributed by atoms with van der Waals surface area (Å²) in [6, 6.07) is 9.79. The van der Waals surface area contributed by atoms with Crippen molar-refractivity contribution in [1.29, 1.82) is 0 Å². The first kappa shape index (κ1) is 14.0. The number of phenols is 1. The second-order valence-electron chi connectivity index (χ2n) is 4.32. The summed E-state index contributed by atoms with van der Waals surface area (Å²) in [6.45, 7) is 0.231. The van der Waals surface area contributed by atoms with Crippen molar-refractivity contribution >= 4 is 5.91 Å². The highest BCUT2D eigenvalue weighted by atomic mass is 19.1. The number of hydrogen-bond donors (Lipinski definition) is 2. The molecule has 0 radical (unpaired) electrons. The van der Waals surface area contributed by atoms with Crippen molar-refractivity contribution < 1.29 is 18.7 Å². The van der Waals surface area contributed by atoms with E-state index >= 15 is 0 Å². The highest BCUT2D eigenvalue weighted by molar-refractivity contribution is 5.78. The van der Waals surface area contributed by atoms with Crippen LogP contribution in [0.15, 0.2) is 42.5 Å². The predicted molar refractivity (Wildman–Crippen MR) is 70.0 cm³/mol. The molecule has 2 aromatic carbocycles. The summed E-state index contributed by atoms with van der Waals surface area (Å²) in [5.41, 5.74) is 0.542. The molecule has 0 heterocycles. The molecule has 0 fully saturated rings. The molecule has 0 saturated heterocycles. The van der Waals surface area contributed by atoms with Gasteiger partial charge < -0.3 is 10.4 Å². The number of carbonyl (C=O) groups is 1. The third-order valence-corrected chi connectivity index (χ3v) is 2.83. The molecule has 104 valence electrons. The van der Waals surface area contributed by atoms with Crippen molar-refractivity contribution in [3.63, 3.8) is 0 Å². The topological polar surface area (TPSA) is 49.3 Å². The highest BCUT2D eigenvalue weighted by Crippen LogP contribution is 2.13. The number of phenolic OH excluding ortho intramolecular Hbond substituents is 1. The van der Waals surface area contributed by atoms with Gasteiger partial charge in [-0.1, -0.05) is 18.2 Å². The summed E-state index contributed by atoms with van der Waals surface area (Å²) in [5.74, 6) is -1.80. The van der Waals surface area contributed by atoms with Crippen LogP contribution in [0, 0.1) is 11.6 Å². The van der Waals surface area contributed by atoms with E-state index in [1.807, 2.05) is 0 Å². The lowest BCUT2D eigenvalue weighted by Gasteiger charge is -2.07. The van der Waals surface area contributed by atoms with Crippen LogP contribution < -0.4 is 5.32 Å². The monoisotopic (exact) mass is 277 g/mol. The number of amides is 1. The van der Waals surface area contributed by atoms with E-state index in [4.69, 9.17) is 5.11 Å². The van der Waals surface area contributed by atoms with Gasteiger partial charge in [0.2, 0.25) is 5.91 Å². The number of benzene rings is 2. The quantitative estimate of drug-likeness (QED) is 0.902. The largest absolute Gasteiger partial charge is 0.508 e. The van der Waals surface area contributed by atoms with Crippen LogP contribution in [0.1, 0.15) is 11.1 Å². The van der Waals surface area contributed by atoms with Crippen molar-refractivity contribution in [2.24, 2.45) is 0 Å². The van der Waals surface area contributed by atoms with E-state index in [-0.39, 0.29) is 24.3 Å². The zero-order valence-corrected chi connectivity index (χ0v) is 10.6. The number of rotatable bonds is 4. The summed E-state index contributed by atoms with van der Waals surface area (Å²) in [4.78, 5) is 11.7. The van der Waals surface area contributed by atoms with E-state index in [0.29, 0.717) is 0 Å². The van der Waals surface area contributed by atoms with Gasteiger partial charge in [-0.25, -0.2) is 8.78 Å². The standard InChI is InChI=1S/C15H13F2NO2/c16-13-2-1-3-14(17)12(13)8-15(20)18-9-10-4-6-11(19)7-5-10/h1-7,19H,8-9H2,(H,18,20). The van der Waals surface area contributed by atoms with Gasteiger partial charge in [0.15, 0.2) is 0 Å². The third-order valence-electron chi connectivity index (χ3n) is 2.83. The molecule has 0 aliphatic rings. The first-order valence-electron chi connectivity index (χ1n) is 6.04. The van der Waals surface area contributed by atoms with Crippen LogP contribution in [0.3, 0.4) is 0 Å². The third kappa shape index (κ3) is 3.54. The summed E-state index contributed by atoms with van der Waals surface area (Å²) >= 11 is 0. The molecule has 1 amide bonds. The van der Waals surface area contributed by atoms with E-state index in [9.17, 15) is 13.6 Å². The van der Waals surface area contributed by atoms with Crippen LogP contribution in [0.4, 0.5) is 8.78 Å². The molecule has 0 aromatic heterocycles. The van der Waals surface area contributed by atoms with Crippen molar-refractivity contribution in [2.75, 3.05) is 0 Å². The maximum Gasteiger partial charge on any atom is 0.224 e. The Balaban J connectivity index is 1.94. The highest BCUT2D eigenvalue weighted by Gasteiger charge is 2.12. The van der Waals surface area contributed by atoms with Crippen LogP contribution in [0.2, 0.25) is 0 Å². The van der Waals surface area contributed by atoms with Crippen LogP contribution in [-0.2, 0) is 17.8 Å². The van der Waals surface area contributed by atoms with Gasteiger partial charge in [-0.05, 0) is 29.8 Å². The molecule has 5 heteroatoms. The molecule has 2 aromatic rings. The Morgan fingerprint density at radius 3 is 2.25 bits per heavy atom. The minimum absolute atomic E-state index is 0.133. The smallest absolute Gasteiger partial charge is 0.224 e. The van der Waals surface area contributed by atoms with E-state index in [1.165, 1.54) is 18.2 Å². The first-order valence-corrected chi connectivity index (χ1v) is 6.04. The fourth-order valence-corrected chi connectivity index (χ4v) is 1.74. The lowest BCUT2D eigenvalue weighted by molar-refractivity contribution is -0.120. The van der Waals surface area contributed by atoms with Gasteiger partial charge >= 0.3 is 0 Å². The van der Waals surface area contributed by atoms with Crippen LogP contribution in [-0.4, -0.2) is 11.0 Å². The average molecular weight is 277 g/mol. The minimum Gasteiger partial charge on any atom is -0.508 e. The van der Waals surface area contributed by atoms with Gasteiger partial charge in [0.1, 0.15) is 17.4 Å². The molecule has 0 unspecified atom stereocenters. The fourth-order valence-electron chi connectivity index (χ4n) is 1.74. The summed E-state index contributed by atoms with van der Waals surface area (Å²) in [6.07, 6.45) is -0.351. The number of hydrogen-bond acceptors (Lipinski definition) is 2. The summed E-state index contributed by atoms with van der Waals surface area (Å²) < 4.78 is 26.7. The molecule has 0 aliphatic carbocycles. The Hall–Kier alpha value is -2.43. The van der Waals surface area contributed by atoms with Crippen molar-refractivity contribution in [3.8, 4) is 5.75 Å². The Kier molecular flexibility index (Phi) is 4.30. The number of nitrogens with one attached hydrogen (secondary N) is 1. The predicted octanol–water partition coefficient (Wildman–Crippen LogP) is 2.53. The SMILES string of the molecule is O=C(Cc1c(F)cccc1F)NCc1ccc(O)cc1. The van der Waals surface area contributed by atoms with Crippen molar-refractivity contribution in [3.05, 3.63) is 65.2 Å². The van der Waals surface area contributed by atoms with Gasteiger partial charge in [0.25, 0.3) is 0 Å². The maximum absolute atomic E-state index is 13.4.